The second-order valence-electron chi connectivity index (χ2n) is 5.51. The van der Waals surface area contributed by atoms with Crippen LogP contribution in [-0.4, -0.2) is 37.4 Å². The normalized spacial score (nSPS) is 15.6. The Hall–Kier alpha value is -1.89. The standard InChI is InChI=1S/C14H15BrN6/c1-19-3-2-12-13(19)16-9-17-14(12)20-5-10(6-20)7-21-8-11(15)4-18-21/h2-4,8-10H,5-7H2,1H3. The Labute approximate surface area is 130 Å². The van der Waals surface area contributed by atoms with Gasteiger partial charge in [-0.25, -0.2) is 9.97 Å². The molecule has 0 atom stereocenters. The number of halogens is 1. The molecule has 1 fully saturated rings. The summed E-state index contributed by atoms with van der Waals surface area (Å²) in [5, 5.41) is 5.44. The highest BCUT2D eigenvalue weighted by molar-refractivity contribution is 9.10. The molecule has 1 aliphatic heterocycles. The smallest absolute Gasteiger partial charge is 0.145 e. The van der Waals surface area contributed by atoms with Crippen LogP contribution in [0.5, 0.6) is 0 Å². The first-order chi connectivity index (χ1) is 10.2. The van der Waals surface area contributed by atoms with Crippen LogP contribution in [0, 0.1) is 5.92 Å². The molecule has 0 amide bonds. The minimum Gasteiger partial charge on any atom is -0.355 e. The quantitative estimate of drug-likeness (QED) is 0.728. The summed E-state index contributed by atoms with van der Waals surface area (Å²) in [5.41, 5.74) is 0.986. The fourth-order valence-corrected chi connectivity index (χ4v) is 3.21. The van der Waals surface area contributed by atoms with Gasteiger partial charge in [0.05, 0.1) is 16.1 Å². The highest BCUT2D eigenvalue weighted by Crippen LogP contribution is 2.29. The van der Waals surface area contributed by atoms with Crippen molar-refractivity contribution in [3.8, 4) is 0 Å². The molecule has 3 aromatic heterocycles. The van der Waals surface area contributed by atoms with E-state index in [1.165, 1.54) is 0 Å². The van der Waals surface area contributed by atoms with Crippen LogP contribution in [0.2, 0.25) is 0 Å². The Morgan fingerprint density at radius 3 is 2.95 bits per heavy atom. The summed E-state index contributed by atoms with van der Waals surface area (Å²) in [4.78, 5) is 11.1. The molecule has 3 aromatic rings. The Morgan fingerprint density at radius 1 is 1.33 bits per heavy atom. The molecule has 7 heteroatoms. The monoisotopic (exact) mass is 346 g/mol. The van der Waals surface area contributed by atoms with Crippen molar-refractivity contribution in [1.29, 1.82) is 0 Å². The van der Waals surface area contributed by atoms with Gasteiger partial charge in [0, 0.05) is 45.0 Å². The molecule has 0 saturated carbocycles. The Kier molecular flexibility index (Phi) is 2.95. The van der Waals surface area contributed by atoms with Crippen molar-refractivity contribution in [2.24, 2.45) is 13.0 Å². The maximum absolute atomic E-state index is 4.46. The molecular weight excluding hydrogens is 332 g/mol. The Bertz CT molecular complexity index is 786. The summed E-state index contributed by atoms with van der Waals surface area (Å²) >= 11 is 3.43. The second kappa shape index (κ2) is 4.84. The second-order valence-corrected chi connectivity index (χ2v) is 6.43. The molecule has 0 spiro atoms. The van der Waals surface area contributed by atoms with Crippen molar-refractivity contribution >= 4 is 32.8 Å². The third-order valence-corrected chi connectivity index (χ3v) is 4.35. The van der Waals surface area contributed by atoms with Gasteiger partial charge in [0.2, 0.25) is 0 Å². The Balaban J connectivity index is 1.49. The molecule has 0 radical (unpaired) electrons. The van der Waals surface area contributed by atoms with Crippen LogP contribution in [0.1, 0.15) is 0 Å². The molecule has 4 heterocycles. The number of anilines is 1. The molecule has 0 bridgehead atoms. The van der Waals surface area contributed by atoms with E-state index in [2.05, 4.69) is 42.0 Å². The number of aromatic nitrogens is 5. The van der Waals surface area contributed by atoms with Crippen molar-refractivity contribution in [2.75, 3.05) is 18.0 Å². The third-order valence-electron chi connectivity index (χ3n) is 3.94. The number of fused-ring (bicyclic) bond motifs is 1. The van der Waals surface area contributed by atoms with E-state index in [-0.39, 0.29) is 0 Å². The topological polar surface area (TPSA) is 51.8 Å². The van der Waals surface area contributed by atoms with E-state index in [0.29, 0.717) is 5.92 Å². The molecule has 4 rings (SSSR count). The number of hydrogen-bond acceptors (Lipinski definition) is 4. The summed E-state index contributed by atoms with van der Waals surface area (Å²) < 4.78 is 5.05. The van der Waals surface area contributed by atoms with E-state index >= 15 is 0 Å². The van der Waals surface area contributed by atoms with Gasteiger partial charge < -0.3 is 9.47 Å². The van der Waals surface area contributed by atoms with E-state index in [1.54, 1.807) is 6.33 Å². The molecule has 0 aromatic carbocycles. The van der Waals surface area contributed by atoms with E-state index < -0.39 is 0 Å². The average molecular weight is 347 g/mol. The van der Waals surface area contributed by atoms with Crippen LogP contribution in [0.4, 0.5) is 5.82 Å². The Morgan fingerprint density at radius 2 is 2.19 bits per heavy atom. The lowest BCUT2D eigenvalue weighted by Gasteiger charge is -2.40. The van der Waals surface area contributed by atoms with Crippen LogP contribution in [0.3, 0.4) is 0 Å². The largest absolute Gasteiger partial charge is 0.355 e. The first-order valence-electron chi connectivity index (χ1n) is 6.89. The molecular formula is C14H15BrN6. The van der Waals surface area contributed by atoms with Gasteiger partial charge in [0.1, 0.15) is 17.8 Å². The fourth-order valence-electron chi connectivity index (χ4n) is 2.88. The van der Waals surface area contributed by atoms with Gasteiger partial charge >= 0.3 is 0 Å². The van der Waals surface area contributed by atoms with Gasteiger partial charge in [-0.1, -0.05) is 0 Å². The van der Waals surface area contributed by atoms with E-state index in [0.717, 1.165) is 41.0 Å². The minimum atomic E-state index is 0.616. The molecule has 0 unspecified atom stereocenters. The van der Waals surface area contributed by atoms with Crippen molar-refractivity contribution in [1.82, 2.24) is 24.3 Å². The van der Waals surface area contributed by atoms with E-state index in [4.69, 9.17) is 0 Å². The van der Waals surface area contributed by atoms with Crippen molar-refractivity contribution < 1.29 is 0 Å². The first-order valence-corrected chi connectivity index (χ1v) is 7.69. The van der Waals surface area contributed by atoms with Crippen molar-refractivity contribution in [2.45, 2.75) is 6.54 Å². The zero-order valence-electron chi connectivity index (χ0n) is 11.6. The van der Waals surface area contributed by atoms with Crippen molar-refractivity contribution in [3.05, 3.63) is 35.5 Å². The van der Waals surface area contributed by atoms with E-state index in [9.17, 15) is 0 Å². The highest BCUT2D eigenvalue weighted by atomic mass is 79.9. The third kappa shape index (κ3) is 2.21. The predicted octanol–water partition coefficient (Wildman–Crippen LogP) is 2.06. The van der Waals surface area contributed by atoms with Crippen LogP contribution in [0.25, 0.3) is 11.0 Å². The summed E-state index contributed by atoms with van der Waals surface area (Å²) in [6.45, 7) is 2.97. The van der Waals surface area contributed by atoms with Crippen molar-refractivity contribution in [3.63, 3.8) is 0 Å². The predicted molar refractivity (Wildman–Crippen MR) is 84.1 cm³/mol. The lowest BCUT2D eigenvalue weighted by atomic mass is 10.00. The highest BCUT2D eigenvalue weighted by Gasteiger charge is 2.29. The molecule has 0 aliphatic carbocycles. The minimum absolute atomic E-state index is 0.616. The van der Waals surface area contributed by atoms with Gasteiger partial charge in [0.25, 0.3) is 0 Å². The van der Waals surface area contributed by atoms with Gasteiger partial charge in [-0.3, -0.25) is 4.68 Å². The summed E-state index contributed by atoms with van der Waals surface area (Å²) in [7, 11) is 2.01. The first kappa shape index (κ1) is 12.8. The maximum atomic E-state index is 4.46. The van der Waals surface area contributed by atoms with Crippen LogP contribution in [0.15, 0.2) is 35.5 Å². The number of nitrogens with zero attached hydrogens (tertiary/aromatic N) is 6. The van der Waals surface area contributed by atoms with Crippen LogP contribution >= 0.6 is 15.9 Å². The van der Waals surface area contributed by atoms with Gasteiger partial charge in [-0.15, -0.1) is 0 Å². The van der Waals surface area contributed by atoms with Gasteiger partial charge in [-0.05, 0) is 22.0 Å². The SMILES string of the molecule is Cn1ccc2c(N3CC(Cn4cc(Br)cn4)C3)ncnc21. The summed E-state index contributed by atoms with van der Waals surface area (Å²) in [6, 6.07) is 2.09. The fraction of sp³-hybridized carbons (Fsp3) is 0.357. The molecule has 21 heavy (non-hydrogen) atoms. The lowest BCUT2D eigenvalue weighted by Crippen LogP contribution is -2.49. The van der Waals surface area contributed by atoms with Crippen LogP contribution in [-0.2, 0) is 13.6 Å². The number of aryl methyl sites for hydroxylation is 1. The molecule has 1 saturated heterocycles. The average Bonchev–Trinajstić information content (AvgIpc) is 3.01. The molecule has 0 N–H and O–H groups in total. The van der Waals surface area contributed by atoms with Crippen LogP contribution < -0.4 is 4.90 Å². The maximum Gasteiger partial charge on any atom is 0.145 e. The molecule has 108 valence electrons. The zero-order chi connectivity index (χ0) is 14.4. The van der Waals surface area contributed by atoms with E-state index in [1.807, 2.05) is 34.9 Å². The summed E-state index contributed by atoms with van der Waals surface area (Å²) in [6.07, 6.45) is 7.52. The summed E-state index contributed by atoms with van der Waals surface area (Å²) in [5.74, 6) is 1.66. The number of rotatable bonds is 3. The lowest BCUT2D eigenvalue weighted by molar-refractivity contribution is 0.341. The zero-order valence-corrected chi connectivity index (χ0v) is 13.2. The van der Waals surface area contributed by atoms with Gasteiger partial charge in [-0.2, -0.15) is 5.10 Å². The van der Waals surface area contributed by atoms with Gasteiger partial charge in [0.15, 0.2) is 0 Å². The molecule has 6 nitrogen and oxygen atoms in total. The molecule has 1 aliphatic rings. The number of hydrogen-bond donors (Lipinski definition) is 0.